The molecule has 0 bridgehead atoms. The molecule has 2 heterocycles. The van der Waals surface area contributed by atoms with Crippen LogP contribution >= 0.6 is 0 Å². The maximum atomic E-state index is 7.22. The van der Waals surface area contributed by atoms with Crippen LogP contribution in [0.5, 0.6) is 5.75 Å². The van der Waals surface area contributed by atoms with Gasteiger partial charge in [-0.2, -0.15) is 0 Å². The molecular formula is C58H59NO2. The van der Waals surface area contributed by atoms with Gasteiger partial charge in [0, 0.05) is 40.3 Å². The highest BCUT2D eigenvalue weighted by molar-refractivity contribution is 5.87. The summed E-state index contributed by atoms with van der Waals surface area (Å²) in [7, 11) is 0. The van der Waals surface area contributed by atoms with Crippen LogP contribution in [0.4, 0.5) is 0 Å². The van der Waals surface area contributed by atoms with Gasteiger partial charge < -0.3 is 14.4 Å². The van der Waals surface area contributed by atoms with E-state index in [0.29, 0.717) is 29.9 Å². The van der Waals surface area contributed by atoms with E-state index in [9.17, 15) is 0 Å². The van der Waals surface area contributed by atoms with Crippen molar-refractivity contribution in [3.05, 3.63) is 190 Å². The van der Waals surface area contributed by atoms with Gasteiger partial charge in [0.15, 0.2) is 0 Å². The molecule has 0 aromatic heterocycles. The van der Waals surface area contributed by atoms with Gasteiger partial charge in [0.05, 0.1) is 6.04 Å². The van der Waals surface area contributed by atoms with Crippen LogP contribution in [0.25, 0.3) is 16.7 Å². The van der Waals surface area contributed by atoms with Gasteiger partial charge in [-0.1, -0.05) is 139 Å². The Morgan fingerprint density at radius 1 is 0.639 bits per heavy atom. The standard InChI is InChI=1S/C58H59NO2/c1-3-13-41(14-4-1)48-18-10-21-52-53-37-45(30-35-55(53)60-56(48)52)40-28-33-47(34-29-40)59(46-31-26-39(27-32-46)44-25-24-38-12-7-8-17-43(38)36-44)54-23-11-22-51-50-20-9-19-49(57(50)61-58(51)54)42-15-5-2-6-16-42/h1-7,9,11-13,15-16,18-20,22-23,26,33,36-37,40-41,46,53-55,58H,8,10,14,17,21,24-25,27-32,34-35H2/t40-,41?,46?,53?,54?,55?,58?/m1/s1. The largest absolute Gasteiger partial charge is 0.489 e. The number of hydrogen-bond donors (Lipinski definition) is 0. The predicted octanol–water partition coefficient (Wildman–Crippen LogP) is 14.1. The maximum absolute atomic E-state index is 7.22. The van der Waals surface area contributed by atoms with Gasteiger partial charge in [0.25, 0.3) is 0 Å². The van der Waals surface area contributed by atoms with Gasteiger partial charge >= 0.3 is 0 Å². The highest BCUT2D eigenvalue weighted by Gasteiger charge is 2.44. The molecule has 0 saturated heterocycles. The minimum atomic E-state index is -0.0305. The Hall–Kier alpha value is -5.28. The fraction of sp³-hybridized carbons (Fsp3) is 0.379. The molecule has 0 N–H and O–H groups in total. The van der Waals surface area contributed by atoms with Gasteiger partial charge in [-0.3, -0.25) is 0 Å². The summed E-state index contributed by atoms with van der Waals surface area (Å²) in [6.07, 6.45) is 51.6. The topological polar surface area (TPSA) is 21.7 Å². The molecular weight excluding hydrogens is 743 g/mol. The monoisotopic (exact) mass is 801 g/mol. The average Bonchev–Trinajstić information content (AvgIpc) is 3.91. The quantitative estimate of drug-likeness (QED) is 0.260. The SMILES string of the molecule is C1=CCC(C2=CCCC3=C2OC2CCC([C@@H]4CC=C(N(C5CC=C(C6=CC7=C(C=CCC7)CC6)CC5)C5C=CC=C6c7cccc(-c8ccccc8)c7OC65)CC4)=CC32)C=C1. The fourth-order valence-electron chi connectivity index (χ4n) is 12.7. The second kappa shape index (κ2) is 15.9. The smallest absolute Gasteiger partial charge is 0.148 e. The first-order chi connectivity index (χ1) is 30.2. The number of allylic oxidation sites excluding steroid dienone is 18. The molecule has 3 heteroatoms. The van der Waals surface area contributed by atoms with Crippen LogP contribution in [0.3, 0.4) is 0 Å². The summed E-state index contributed by atoms with van der Waals surface area (Å²) in [4.78, 5) is 2.87. The number of fused-ring (bicyclic) bond motifs is 5. The molecule has 0 amide bonds. The lowest BCUT2D eigenvalue weighted by Gasteiger charge is -2.46. The third-order valence-corrected chi connectivity index (χ3v) is 15.8. The summed E-state index contributed by atoms with van der Waals surface area (Å²) < 4.78 is 14.1. The van der Waals surface area contributed by atoms with Crippen molar-refractivity contribution in [2.24, 2.45) is 17.8 Å². The van der Waals surface area contributed by atoms with Crippen LogP contribution in [0.1, 0.15) is 102 Å². The van der Waals surface area contributed by atoms with E-state index in [-0.39, 0.29) is 12.1 Å². The van der Waals surface area contributed by atoms with E-state index < -0.39 is 0 Å². The van der Waals surface area contributed by atoms with Gasteiger partial charge in [0.1, 0.15) is 23.7 Å². The highest BCUT2D eigenvalue weighted by Crippen LogP contribution is 2.52. The third kappa shape index (κ3) is 6.78. The van der Waals surface area contributed by atoms with Crippen LogP contribution in [-0.2, 0) is 4.74 Å². The van der Waals surface area contributed by atoms with E-state index in [1.54, 1.807) is 33.4 Å². The van der Waals surface area contributed by atoms with Crippen molar-refractivity contribution in [1.82, 2.24) is 4.90 Å². The lowest BCUT2D eigenvalue weighted by molar-refractivity contribution is 0.110. The number of rotatable bonds is 7. The molecule has 12 rings (SSSR count). The van der Waals surface area contributed by atoms with Crippen LogP contribution in [-0.4, -0.2) is 29.2 Å². The van der Waals surface area contributed by atoms with Crippen LogP contribution < -0.4 is 4.74 Å². The molecule has 0 saturated carbocycles. The molecule has 2 aromatic rings. The Bertz CT molecular complexity index is 2500. The summed E-state index contributed by atoms with van der Waals surface area (Å²) in [6, 6.07) is 18.1. The van der Waals surface area contributed by atoms with E-state index in [1.807, 2.05) is 0 Å². The molecule has 10 aliphatic rings. The second-order valence-electron chi connectivity index (χ2n) is 19.1. The van der Waals surface area contributed by atoms with Crippen molar-refractivity contribution in [3.63, 3.8) is 0 Å². The Morgan fingerprint density at radius 2 is 1.59 bits per heavy atom. The summed E-state index contributed by atoms with van der Waals surface area (Å²) in [5.74, 6) is 3.82. The van der Waals surface area contributed by atoms with Gasteiger partial charge in [-0.25, -0.2) is 0 Å². The molecule has 6 unspecified atom stereocenters. The van der Waals surface area contributed by atoms with E-state index in [4.69, 9.17) is 9.47 Å². The molecule has 61 heavy (non-hydrogen) atoms. The van der Waals surface area contributed by atoms with Crippen molar-refractivity contribution in [2.75, 3.05) is 0 Å². The van der Waals surface area contributed by atoms with Crippen molar-refractivity contribution >= 4 is 5.57 Å². The molecule has 0 spiro atoms. The summed E-state index contributed by atoms with van der Waals surface area (Å²) in [5.41, 5.74) is 17.6. The van der Waals surface area contributed by atoms with Crippen molar-refractivity contribution in [1.29, 1.82) is 0 Å². The first-order valence-corrected chi connectivity index (χ1v) is 23.9. The Balaban J connectivity index is 0.831. The van der Waals surface area contributed by atoms with Crippen molar-refractivity contribution in [2.45, 2.75) is 121 Å². The molecule has 2 aromatic carbocycles. The number of benzene rings is 2. The van der Waals surface area contributed by atoms with Crippen molar-refractivity contribution in [3.8, 4) is 16.9 Å². The average molecular weight is 802 g/mol. The number of nitrogens with zero attached hydrogens (tertiary/aromatic N) is 1. The molecule has 0 fully saturated rings. The zero-order valence-electron chi connectivity index (χ0n) is 35.6. The maximum Gasteiger partial charge on any atom is 0.148 e. The van der Waals surface area contributed by atoms with Crippen LogP contribution in [0.2, 0.25) is 0 Å². The zero-order chi connectivity index (χ0) is 40.3. The molecule has 308 valence electrons. The molecule has 8 aliphatic carbocycles. The molecule has 0 radical (unpaired) electrons. The Kier molecular flexibility index (Phi) is 9.76. The van der Waals surface area contributed by atoms with E-state index in [1.165, 1.54) is 84.2 Å². The Labute approximate surface area is 363 Å². The summed E-state index contributed by atoms with van der Waals surface area (Å²) in [6.45, 7) is 0. The highest BCUT2D eigenvalue weighted by atomic mass is 16.5. The normalized spacial score (nSPS) is 30.9. The van der Waals surface area contributed by atoms with Crippen LogP contribution in [0.15, 0.2) is 184 Å². The minimum absolute atomic E-state index is 0.0305. The summed E-state index contributed by atoms with van der Waals surface area (Å²) >= 11 is 0. The summed E-state index contributed by atoms with van der Waals surface area (Å²) in [5, 5.41) is 0. The van der Waals surface area contributed by atoms with Crippen LogP contribution in [0, 0.1) is 17.8 Å². The fourth-order valence-corrected chi connectivity index (χ4v) is 12.7. The lowest BCUT2D eigenvalue weighted by atomic mass is 9.74. The molecule has 7 atom stereocenters. The first-order valence-electron chi connectivity index (χ1n) is 23.9. The molecule has 3 nitrogen and oxygen atoms in total. The van der Waals surface area contributed by atoms with E-state index >= 15 is 0 Å². The number of para-hydroxylation sites is 1. The van der Waals surface area contributed by atoms with Crippen molar-refractivity contribution < 1.29 is 9.47 Å². The zero-order valence-corrected chi connectivity index (χ0v) is 35.6. The van der Waals surface area contributed by atoms with Gasteiger partial charge in [0.2, 0.25) is 0 Å². The second-order valence-corrected chi connectivity index (χ2v) is 19.1. The van der Waals surface area contributed by atoms with Gasteiger partial charge in [-0.05, 0) is 141 Å². The van der Waals surface area contributed by atoms with Gasteiger partial charge in [-0.15, -0.1) is 0 Å². The molecule has 2 aliphatic heterocycles. The lowest BCUT2D eigenvalue weighted by Crippen LogP contribution is -2.50. The number of ether oxygens (including phenoxy) is 2. The number of hydrogen-bond acceptors (Lipinski definition) is 3. The minimum Gasteiger partial charge on any atom is -0.489 e. The van der Waals surface area contributed by atoms with E-state index in [2.05, 4.69) is 138 Å². The van der Waals surface area contributed by atoms with E-state index in [0.717, 1.165) is 57.1 Å². The first kappa shape index (κ1) is 37.5. The third-order valence-electron chi connectivity index (χ3n) is 15.8. The predicted molar refractivity (Wildman–Crippen MR) is 249 cm³/mol. The Morgan fingerprint density at radius 3 is 2.46 bits per heavy atom.